The minimum atomic E-state index is -4.63. The Hall–Kier alpha value is -2.82. The molecule has 0 spiro atoms. The Morgan fingerprint density at radius 3 is 2.55 bits per heavy atom. The average molecular weight is 426 g/mol. The highest BCUT2D eigenvalue weighted by atomic mass is 32.2. The molecule has 0 unspecified atom stereocenters. The van der Waals surface area contributed by atoms with Gasteiger partial charge in [-0.3, -0.25) is 0 Å². The molecule has 0 aliphatic rings. The average Bonchev–Trinajstić information content (AvgIpc) is 3.25. The van der Waals surface area contributed by atoms with Gasteiger partial charge < -0.3 is 0 Å². The molecule has 2 aromatic carbocycles. The Morgan fingerprint density at radius 1 is 1.03 bits per heavy atom. The topological polar surface area (TPSA) is 36.7 Å². The van der Waals surface area contributed by atoms with Crippen molar-refractivity contribution in [2.45, 2.75) is 17.0 Å². The quantitative estimate of drug-likeness (QED) is 0.325. The van der Waals surface area contributed by atoms with Crippen molar-refractivity contribution >= 4 is 33.9 Å². The summed E-state index contributed by atoms with van der Waals surface area (Å²) in [5.41, 5.74) is -0.164. The maximum Gasteiger partial charge on any atom is 0.417 e. The molecule has 29 heavy (non-hydrogen) atoms. The highest BCUT2D eigenvalue weighted by Gasteiger charge is 2.36. The highest BCUT2D eigenvalue weighted by molar-refractivity contribution is 7.98. The molecule has 0 saturated carbocycles. The molecule has 0 bridgehead atoms. The lowest BCUT2D eigenvalue weighted by Crippen LogP contribution is -2.10. The number of hydrogen-bond acceptors (Lipinski definition) is 4. The van der Waals surface area contributed by atoms with Gasteiger partial charge in [0.1, 0.15) is 11.1 Å². The summed E-state index contributed by atoms with van der Waals surface area (Å²) in [6.45, 7) is 0. The number of pyridine rings is 1. The SMILES string of the molecule is N#Cc1c(C(F)(F)F)cc(-c2cccs2)nc1SCc1cccc2ccccc12. The molecule has 0 amide bonds. The fourth-order valence-corrected chi connectivity index (χ4v) is 4.77. The molecule has 2 nitrogen and oxygen atoms in total. The van der Waals surface area contributed by atoms with Crippen LogP contribution in [0.2, 0.25) is 0 Å². The van der Waals surface area contributed by atoms with Gasteiger partial charge in [0.25, 0.3) is 0 Å². The Kier molecular flexibility index (Phi) is 5.31. The smallest absolute Gasteiger partial charge is 0.239 e. The van der Waals surface area contributed by atoms with Gasteiger partial charge in [-0.1, -0.05) is 48.5 Å². The minimum absolute atomic E-state index is 0.0960. The number of nitriles is 1. The van der Waals surface area contributed by atoms with E-state index in [4.69, 9.17) is 0 Å². The molecule has 0 fully saturated rings. The summed E-state index contributed by atoms with van der Waals surface area (Å²) < 4.78 is 40.9. The van der Waals surface area contributed by atoms with Crippen LogP contribution >= 0.6 is 23.1 Å². The van der Waals surface area contributed by atoms with Crippen LogP contribution in [0.25, 0.3) is 21.3 Å². The molecule has 2 aromatic heterocycles. The lowest BCUT2D eigenvalue weighted by Gasteiger charge is -2.14. The van der Waals surface area contributed by atoms with E-state index in [9.17, 15) is 18.4 Å². The summed E-state index contributed by atoms with van der Waals surface area (Å²) in [6.07, 6.45) is -4.63. The number of alkyl halides is 3. The lowest BCUT2D eigenvalue weighted by molar-refractivity contribution is -0.138. The molecule has 7 heteroatoms. The summed E-state index contributed by atoms with van der Waals surface area (Å²) in [7, 11) is 0. The van der Waals surface area contributed by atoms with E-state index in [-0.39, 0.29) is 10.7 Å². The third kappa shape index (κ3) is 4.00. The van der Waals surface area contributed by atoms with Crippen LogP contribution in [0.4, 0.5) is 13.2 Å². The number of fused-ring (bicyclic) bond motifs is 1. The van der Waals surface area contributed by atoms with Crippen LogP contribution < -0.4 is 0 Å². The van der Waals surface area contributed by atoms with Gasteiger partial charge in [0.05, 0.1) is 21.7 Å². The standard InChI is InChI=1S/C22H13F3N2S2/c23-22(24,25)18-11-19(20-9-4-10-28-20)27-21(17(18)12-26)29-13-15-7-3-6-14-5-1-2-8-16(14)15/h1-11H,13H2. The molecular weight excluding hydrogens is 413 g/mol. The molecule has 4 rings (SSSR count). The lowest BCUT2D eigenvalue weighted by atomic mass is 10.1. The van der Waals surface area contributed by atoms with E-state index >= 15 is 0 Å². The fraction of sp³-hybridized carbons (Fsp3) is 0.0909. The molecule has 4 aromatic rings. The summed E-state index contributed by atoms with van der Waals surface area (Å²) in [5.74, 6) is 0.411. The maximum absolute atomic E-state index is 13.6. The number of aromatic nitrogens is 1. The Balaban J connectivity index is 1.78. The highest BCUT2D eigenvalue weighted by Crippen LogP contribution is 2.39. The molecule has 0 radical (unpaired) electrons. The molecule has 0 aliphatic carbocycles. The van der Waals surface area contributed by atoms with Gasteiger partial charge >= 0.3 is 6.18 Å². The van der Waals surface area contributed by atoms with Crippen molar-refractivity contribution in [3.8, 4) is 16.6 Å². The van der Waals surface area contributed by atoms with Gasteiger partial charge in [-0.2, -0.15) is 18.4 Å². The largest absolute Gasteiger partial charge is 0.417 e. The van der Waals surface area contributed by atoms with Gasteiger partial charge in [0.2, 0.25) is 0 Å². The van der Waals surface area contributed by atoms with Gasteiger partial charge in [-0.15, -0.1) is 23.1 Å². The van der Waals surface area contributed by atoms with E-state index in [1.165, 1.54) is 11.3 Å². The van der Waals surface area contributed by atoms with E-state index in [1.807, 2.05) is 42.5 Å². The predicted octanol–water partition coefficient (Wildman–Crippen LogP) is 7.15. The van der Waals surface area contributed by atoms with Crippen LogP contribution in [-0.2, 0) is 11.9 Å². The Morgan fingerprint density at radius 2 is 1.83 bits per heavy atom. The van der Waals surface area contributed by atoms with Crippen LogP contribution in [-0.4, -0.2) is 4.98 Å². The zero-order valence-corrected chi connectivity index (χ0v) is 16.5. The molecule has 2 heterocycles. The number of hydrogen-bond donors (Lipinski definition) is 0. The Labute approximate surface area is 173 Å². The molecular formula is C22H13F3N2S2. The van der Waals surface area contributed by atoms with Gasteiger partial charge in [-0.25, -0.2) is 4.98 Å². The third-order valence-electron chi connectivity index (χ3n) is 4.42. The van der Waals surface area contributed by atoms with Gasteiger partial charge in [0.15, 0.2) is 0 Å². The molecule has 0 aliphatic heterocycles. The molecule has 0 saturated heterocycles. The Bertz CT molecular complexity index is 1200. The molecule has 144 valence electrons. The van der Waals surface area contributed by atoms with Crippen LogP contribution in [0.1, 0.15) is 16.7 Å². The van der Waals surface area contributed by atoms with Crippen molar-refractivity contribution in [1.82, 2.24) is 4.98 Å². The molecule has 0 atom stereocenters. The number of rotatable bonds is 4. The van der Waals surface area contributed by atoms with E-state index in [0.29, 0.717) is 10.6 Å². The zero-order valence-electron chi connectivity index (χ0n) is 14.9. The molecule has 0 N–H and O–H groups in total. The van der Waals surface area contributed by atoms with Crippen LogP contribution in [0, 0.1) is 11.3 Å². The fourth-order valence-electron chi connectivity index (χ4n) is 3.07. The summed E-state index contributed by atoms with van der Waals surface area (Å²) in [4.78, 5) is 5.04. The second-order valence-corrected chi connectivity index (χ2v) is 8.16. The zero-order chi connectivity index (χ0) is 20.4. The normalized spacial score (nSPS) is 11.5. The van der Waals surface area contributed by atoms with Crippen molar-refractivity contribution in [2.24, 2.45) is 0 Å². The van der Waals surface area contributed by atoms with Crippen LogP contribution in [0.5, 0.6) is 0 Å². The summed E-state index contributed by atoms with van der Waals surface area (Å²) >= 11 is 2.46. The predicted molar refractivity (Wildman–Crippen MR) is 111 cm³/mol. The number of thiophene rings is 1. The van der Waals surface area contributed by atoms with Gasteiger partial charge in [-0.05, 0) is 33.8 Å². The van der Waals surface area contributed by atoms with Crippen molar-refractivity contribution in [3.05, 3.63) is 82.7 Å². The summed E-state index contributed by atoms with van der Waals surface area (Å²) in [6, 6.07) is 19.8. The number of thioether (sulfide) groups is 1. The van der Waals surface area contributed by atoms with E-state index in [0.717, 1.165) is 34.2 Å². The maximum atomic E-state index is 13.6. The van der Waals surface area contributed by atoms with Crippen molar-refractivity contribution in [2.75, 3.05) is 0 Å². The third-order valence-corrected chi connectivity index (χ3v) is 6.34. The summed E-state index contributed by atoms with van der Waals surface area (Å²) in [5, 5.41) is 13.4. The monoisotopic (exact) mass is 426 g/mol. The first-order valence-corrected chi connectivity index (χ1v) is 10.5. The second-order valence-electron chi connectivity index (χ2n) is 6.25. The van der Waals surface area contributed by atoms with Crippen molar-refractivity contribution < 1.29 is 13.2 Å². The first kappa shape index (κ1) is 19.5. The number of halogens is 3. The first-order valence-electron chi connectivity index (χ1n) is 8.63. The van der Waals surface area contributed by atoms with E-state index in [2.05, 4.69) is 4.98 Å². The van der Waals surface area contributed by atoms with E-state index < -0.39 is 17.3 Å². The van der Waals surface area contributed by atoms with E-state index in [1.54, 1.807) is 23.6 Å². The second kappa shape index (κ2) is 7.90. The van der Waals surface area contributed by atoms with Gasteiger partial charge in [0, 0.05) is 5.75 Å². The van der Waals surface area contributed by atoms with Crippen molar-refractivity contribution in [3.63, 3.8) is 0 Å². The minimum Gasteiger partial charge on any atom is -0.239 e. The number of benzene rings is 2. The van der Waals surface area contributed by atoms with Crippen LogP contribution in [0.3, 0.4) is 0 Å². The van der Waals surface area contributed by atoms with Crippen molar-refractivity contribution in [1.29, 1.82) is 5.26 Å². The number of nitrogens with zero attached hydrogens (tertiary/aromatic N) is 2. The van der Waals surface area contributed by atoms with Crippen LogP contribution in [0.15, 0.2) is 71.1 Å². The first-order chi connectivity index (χ1) is 14.0.